The summed E-state index contributed by atoms with van der Waals surface area (Å²) < 4.78 is 21.4. The summed E-state index contributed by atoms with van der Waals surface area (Å²) in [5.74, 6) is 0.827. The lowest BCUT2D eigenvalue weighted by Crippen LogP contribution is -2.33. The molecular formula is C26H32FN3O2. The zero-order chi connectivity index (χ0) is 22.9. The molecule has 3 aromatic rings. The van der Waals surface area contributed by atoms with E-state index < -0.39 is 6.10 Å². The van der Waals surface area contributed by atoms with E-state index in [-0.39, 0.29) is 5.82 Å². The number of hydrogen-bond acceptors (Lipinski definition) is 4. The molecule has 0 saturated carbocycles. The van der Waals surface area contributed by atoms with Crippen molar-refractivity contribution < 1.29 is 14.2 Å². The fourth-order valence-electron chi connectivity index (χ4n) is 3.66. The molecule has 0 aliphatic rings. The van der Waals surface area contributed by atoms with Crippen LogP contribution in [0.25, 0.3) is 5.69 Å². The lowest BCUT2D eigenvalue weighted by molar-refractivity contribution is 0.102. The standard InChI is InChI=1S/C26H32FN3O2/c1-4-6-12-23(31)18-29(17-5-2)19-25-20(3)28-30(22-10-8-7-9-11-22)26(25)32-24-15-13-21(27)14-16-24/h4,7-11,13-16,23,31H,1,5-6,12,17-19H2,2-3H3/t23-/m1/s1. The Kier molecular flexibility index (Phi) is 8.59. The van der Waals surface area contributed by atoms with Gasteiger partial charge in [-0.3, -0.25) is 4.90 Å². The highest BCUT2D eigenvalue weighted by Crippen LogP contribution is 2.32. The van der Waals surface area contributed by atoms with Gasteiger partial charge in [-0.1, -0.05) is 31.2 Å². The quantitative estimate of drug-likeness (QED) is 0.372. The van der Waals surface area contributed by atoms with Crippen molar-refractivity contribution in [1.29, 1.82) is 0 Å². The van der Waals surface area contributed by atoms with Crippen LogP contribution in [0.4, 0.5) is 4.39 Å². The van der Waals surface area contributed by atoms with Crippen molar-refractivity contribution in [3.05, 3.63) is 84.3 Å². The van der Waals surface area contributed by atoms with Crippen LogP contribution < -0.4 is 4.74 Å². The first-order valence-corrected chi connectivity index (χ1v) is 11.1. The number of benzene rings is 2. The van der Waals surface area contributed by atoms with Crippen molar-refractivity contribution in [3.63, 3.8) is 0 Å². The molecule has 6 heteroatoms. The van der Waals surface area contributed by atoms with Gasteiger partial charge in [0.25, 0.3) is 0 Å². The predicted octanol–water partition coefficient (Wildman–Crippen LogP) is 5.65. The third kappa shape index (κ3) is 6.28. The molecule has 1 N–H and O–H groups in total. The summed E-state index contributed by atoms with van der Waals surface area (Å²) in [5, 5.41) is 15.2. The Balaban J connectivity index is 1.94. The average molecular weight is 438 g/mol. The molecule has 1 heterocycles. The summed E-state index contributed by atoms with van der Waals surface area (Å²) in [6.07, 6.45) is 3.84. The summed E-state index contributed by atoms with van der Waals surface area (Å²) in [4.78, 5) is 2.23. The molecule has 170 valence electrons. The highest BCUT2D eigenvalue weighted by Gasteiger charge is 2.22. The highest BCUT2D eigenvalue weighted by atomic mass is 19.1. The SMILES string of the molecule is C=CCC[C@@H](O)CN(CCC)Cc1c(C)nn(-c2ccccc2)c1Oc1ccc(F)cc1. The van der Waals surface area contributed by atoms with E-state index in [4.69, 9.17) is 9.84 Å². The number of hydrogen-bond donors (Lipinski definition) is 1. The minimum Gasteiger partial charge on any atom is -0.439 e. The zero-order valence-electron chi connectivity index (χ0n) is 18.9. The van der Waals surface area contributed by atoms with Crippen LogP contribution in [-0.2, 0) is 6.54 Å². The molecule has 1 atom stereocenters. The number of aliphatic hydroxyl groups excluding tert-OH is 1. The first-order chi connectivity index (χ1) is 15.5. The predicted molar refractivity (Wildman–Crippen MR) is 126 cm³/mol. The van der Waals surface area contributed by atoms with Gasteiger partial charge in [0, 0.05) is 13.1 Å². The number of nitrogens with zero attached hydrogens (tertiary/aromatic N) is 3. The molecule has 0 amide bonds. The van der Waals surface area contributed by atoms with Gasteiger partial charge in [-0.15, -0.1) is 6.58 Å². The minimum absolute atomic E-state index is 0.312. The maximum absolute atomic E-state index is 13.4. The van der Waals surface area contributed by atoms with Gasteiger partial charge < -0.3 is 9.84 Å². The first kappa shape index (κ1) is 23.7. The molecular weight excluding hydrogens is 405 g/mol. The molecule has 0 unspecified atom stereocenters. The zero-order valence-corrected chi connectivity index (χ0v) is 18.9. The lowest BCUT2D eigenvalue weighted by Gasteiger charge is -2.25. The largest absolute Gasteiger partial charge is 0.439 e. The van der Waals surface area contributed by atoms with Gasteiger partial charge in [0.1, 0.15) is 11.6 Å². The average Bonchev–Trinajstić information content (AvgIpc) is 3.09. The van der Waals surface area contributed by atoms with Crippen molar-refractivity contribution in [3.8, 4) is 17.3 Å². The van der Waals surface area contributed by atoms with Crippen LogP contribution in [0.2, 0.25) is 0 Å². The number of aryl methyl sites for hydroxylation is 1. The van der Waals surface area contributed by atoms with Crippen LogP contribution in [0, 0.1) is 12.7 Å². The van der Waals surface area contributed by atoms with Gasteiger partial charge in [-0.2, -0.15) is 5.10 Å². The van der Waals surface area contributed by atoms with Crippen molar-refractivity contribution in [2.24, 2.45) is 0 Å². The van der Waals surface area contributed by atoms with E-state index in [0.717, 1.165) is 36.3 Å². The van der Waals surface area contributed by atoms with Crippen molar-refractivity contribution in [2.45, 2.75) is 45.8 Å². The van der Waals surface area contributed by atoms with Gasteiger partial charge in [0.05, 0.1) is 23.0 Å². The number of aromatic nitrogens is 2. The maximum atomic E-state index is 13.4. The van der Waals surface area contributed by atoms with Crippen LogP contribution in [0.15, 0.2) is 67.3 Å². The van der Waals surface area contributed by atoms with Gasteiger partial charge >= 0.3 is 0 Å². The Morgan fingerprint density at radius 1 is 1.19 bits per heavy atom. The molecule has 0 radical (unpaired) electrons. The van der Waals surface area contributed by atoms with E-state index in [1.165, 1.54) is 12.1 Å². The number of allylic oxidation sites excluding steroid dienone is 1. The van der Waals surface area contributed by atoms with Gasteiger partial charge in [0.2, 0.25) is 5.88 Å². The summed E-state index contributed by atoms with van der Waals surface area (Å²) >= 11 is 0. The van der Waals surface area contributed by atoms with Crippen LogP contribution >= 0.6 is 0 Å². The monoisotopic (exact) mass is 437 g/mol. The topological polar surface area (TPSA) is 50.5 Å². The van der Waals surface area contributed by atoms with Crippen LogP contribution in [-0.4, -0.2) is 39.0 Å². The Bertz CT molecular complexity index is 986. The van der Waals surface area contributed by atoms with Crippen LogP contribution in [0.3, 0.4) is 0 Å². The molecule has 0 fully saturated rings. The molecule has 0 saturated heterocycles. The number of ether oxygens (including phenoxy) is 1. The van der Waals surface area contributed by atoms with Crippen LogP contribution in [0.1, 0.15) is 37.4 Å². The molecule has 3 rings (SSSR count). The third-order valence-corrected chi connectivity index (χ3v) is 5.26. The Hall–Kier alpha value is -2.96. The molecule has 0 aliphatic carbocycles. The Labute approximate surface area is 189 Å². The number of halogens is 1. The fourth-order valence-corrected chi connectivity index (χ4v) is 3.66. The van der Waals surface area contributed by atoms with E-state index in [0.29, 0.717) is 31.1 Å². The van der Waals surface area contributed by atoms with Crippen molar-refractivity contribution >= 4 is 0 Å². The summed E-state index contributed by atoms with van der Waals surface area (Å²) in [7, 11) is 0. The molecule has 5 nitrogen and oxygen atoms in total. The normalized spacial score (nSPS) is 12.2. The smallest absolute Gasteiger partial charge is 0.227 e. The number of rotatable bonds is 12. The molecule has 32 heavy (non-hydrogen) atoms. The van der Waals surface area contributed by atoms with Gasteiger partial charge in [0.15, 0.2) is 0 Å². The van der Waals surface area contributed by atoms with Crippen molar-refractivity contribution in [1.82, 2.24) is 14.7 Å². The minimum atomic E-state index is -0.425. The van der Waals surface area contributed by atoms with E-state index in [2.05, 4.69) is 18.4 Å². The van der Waals surface area contributed by atoms with E-state index >= 15 is 0 Å². The second-order valence-electron chi connectivity index (χ2n) is 7.93. The van der Waals surface area contributed by atoms with Gasteiger partial charge in [-0.05, 0) is 69.1 Å². The van der Waals surface area contributed by atoms with Gasteiger partial charge in [-0.25, -0.2) is 9.07 Å². The molecule has 0 bridgehead atoms. The second kappa shape index (κ2) is 11.6. The molecule has 0 spiro atoms. The molecule has 0 aliphatic heterocycles. The molecule has 1 aromatic heterocycles. The summed E-state index contributed by atoms with van der Waals surface area (Å²) in [5.41, 5.74) is 2.68. The highest BCUT2D eigenvalue weighted by molar-refractivity contribution is 5.43. The van der Waals surface area contributed by atoms with E-state index in [1.54, 1.807) is 16.8 Å². The first-order valence-electron chi connectivity index (χ1n) is 11.1. The number of aliphatic hydroxyl groups is 1. The summed E-state index contributed by atoms with van der Waals surface area (Å²) in [6, 6.07) is 15.8. The molecule has 2 aromatic carbocycles. The lowest BCUT2D eigenvalue weighted by atomic mass is 10.1. The number of para-hydroxylation sites is 1. The van der Waals surface area contributed by atoms with E-state index in [1.807, 2.05) is 43.3 Å². The maximum Gasteiger partial charge on any atom is 0.227 e. The Morgan fingerprint density at radius 2 is 1.91 bits per heavy atom. The van der Waals surface area contributed by atoms with Crippen LogP contribution in [0.5, 0.6) is 11.6 Å². The third-order valence-electron chi connectivity index (χ3n) is 5.26. The fraction of sp³-hybridized carbons (Fsp3) is 0.346. The Morgan fingerprint density at radius 3 is 2.56 bits per heavy atom. The second-order valence-corrected chi connectivity index (χ2v) is 7.93. The van der Waals surface area contributed by atoms with Crippen molar-refractivity contribution in [2.75, 3.05) is 13.1 Å². The summed E-state index contributed by atoms with van der Waals surface area (Å²) in [6.45, 7) is 9.83. The van der Waals surface area contributed by atoms with E-state index in [9.17, 15) is 9.50 Å².